The van der Waals surface area contributed by atoms with Gasteiger partial charge in [0.1, 0.15) is 5.76 Å². The smallest absolute Gasteiger partial charge is 0.244 e. The highest BCUT2D eigenvalue weighted by molar-refractivity contribution is 5.91. The largest absolute Gasteiger partial charge is 0.465 e. The van der Waals surface area contributed by atoms with Crippen LogP contribution in [0.15, 0.2) is 59.2 Å². The SMILES string of the molecule is O=C(/C=C/c1ccco1)NC1CCCN(CCc2ccccc2)C1. The van der Waals surface area contributed by atoms with Crippen LogP contribution in [0.25, 0.3) is 6.08 Å². The van der Waals surface area contributed by atoms with E-state index in [4.69, 9.17) is 4.42 Å². The van der Waals surface area contributed by atoms with Crippen molar-refractivity contribution in [1.29, 1.82) is 0 Å². The molecule has 0 bridgehead atoms. The number of nitrogens with zero attached hydrogens (tertiary/aromatic N) is 1. The van der Waals surface area contributed by atoms with Gasteiger partial charge in [-0.1, -0.05) is 30.3 Å². The molecule has 1 atom stereocenters. The zero-order valence-electron chi connectivity index (χ0n) is 13.9. The molecule has 1 saturated heterocycles. The molecule has 3 rings (SSSR count). The number of furan rings is 1. The number of piperidine rings is 1. The average Bonchev–Trinajstić information content (AvgIpc) is 3.13. The average molecular weight is 324 g/mol. The third kappa shape index (κ3) is 5.10. The van der Waals surface area contributed by atoms with Gasteiger partial charge in [-0.05, 0) is 49.6 Å². The van der Waals surface area contributed by atoms with E-state index in [1.54, 1.807) is 18.4 Å². The van der Waals surface area contributed by atoms with E-state index in [9.17, 15) is 4.79 Å². The van der Waals surface area contributed by atoms with E-state index in [1.165, 1.54) is 5.56 Å². The number of carbonyl (C=O) groups is 1. The standard InChI is InChI=1S/C20H24N2O2/c23-20(11-10-19-9-5-15-24-19)21-18-8-4-13-22(16-18)14-12-17-6-2-1-3-7-17/h1-3,5-7,9-11,15,18H,4,8,12-14,16H2,(H,21,23)/b11-10+. The lowest BCUT2D eigenvalue weighted by molar-refractivity contribution is -0.117. The Labute approximate surface area is 143 Å². The number of benzene rings is 1. The molecule has 1 aromatic heterocycles. The number of rotatable bonds is 6. The van der Waals surface area contributed by atoms with Gasteiger partial charge in [0.15, 0.2) is 0 Å². The van der Waals surface area contributed by atoms with Gasteiger partial charge in [-0.3, -0.25) is 4.79 Å². The molecule has 1 aliphatic heterocycles. The van der Waals surface area contributed by atoms with Crippen LogP contribution in [0.5, 0.6) is 0 Å². The summed E-state index contributed by atoms with van der Waals surface area (Å²) in [4.78, 5) is 14.5. The van der Waals surface area contributed by atoms with Crippen molar-refractivity contribution in [3.8, 4) is 0 Å². The Morgan fingerprint density at radius 3 is 2.92 bits per heavy atom. The molecule has 2 aromatic rings. The summed E-state index contributed by atoms with van der Waals surface area (Å²) in [5.41, 5.74) is 1.37. The van der Waals surface area contributed by atoms with Crippen molar-refractivity contribution in [1.82, 2.24) is 10.2 Å². The summed E-state index contributed by atoms with van der Waals surface area (Å²) in [6.07, 6.45) is 8.07. The van der Waals surface area contributed by atoms with E-state index < -0.39 is 0 Å². The third-order valence-electron chi connectivity index (χ3n) is 4.35. The molecule has 1 N–H and O–H groups in total. The van der Waals surface area contributed by atoms with Gasteiger partial charge in [0.05, 0.1) is 6.26 Å². The molecule has 1 unspecified atom stereocenters. The fourth-order valence-electron chi connectivity index (χ4n) is 3.10. The normalized spacial score (nSPS) is 18.8. The van der Waals surface area contributed by atoms with Crippen LogP contribution in [-0.2, 0) is 11.2 Å². The first-order chi connectivity index (χ1) is 11.8. The van der Waals surface area contributed by atoms with Crippen molar-refractivity contribution >= 4 is 12.0 Å². The molecule has 0 saturated carbocycles. The molecule has 2 heterocycles. The van der Waals surface area contributed by atoms with Crippen molar-refractivity contribution in [2.75, 3.05) is 19.6 Å². The molecule has 4 nitrogen and oxygen atoms in total. The summed E-state index contributed by atoms with van der Waals surface area (Å²) >= 11 is 0. The Balaban J connectivity index is 1.44. The Morgan fingerprint density at radius 1 is 1.25 bits per heavy atom. The highest BCUT2D eigenvalue weighted by atomic mass is 16.3. The highest BCUT2D eigenvalue weighted by Crippen LogP contribution is 2.11. The number of nitrogens with one attached hydrogen (secondary N) is 1. The molecule has 1 amide bonds. The van der Waals surface area contributed by atoms with Gasteiger partial charge in [-0.2, -0.15) is 0 Å². The predicted octanol–water partition coefficient (Wildman–Crippen LogP) is 3.12. The van der Waals surface area contributed by atoms with Crippen molar-refractivity contribution in [2.45, 2.75) is 25.3 Å². The lowest BCUT2D eigenvalue weighted by Crippen LogP contribution is -2.47. The van der Waals surface area contributed by atoms with Crippen LogP contribution in [0.3, 0.4) is 0 Å². The van der Waals surface area contributed by atoms with Crippen LogP contribution in [0.1, 0.15) is 24.2 Å². The molecule has 0 radical (unpaired) electrons. The quantitative estimate of drug-likeness (QED) is 0.831. The third-order valence-corrected chi connectivity index (χ3v) is 4.35. The maximum Gasteiger partial charge on any atom is 0.244 e. The summed E-state index contributed by atoms with van der Waals surface area (Å²) in [5, 5.41) is 3.10. The summed E-state index contributed by atoms with van der Waals surface area (Å²) in [5.74, 6) is 0.639. The van der Waals surface area contributed by atoms with E-state index in [0.29, 0.717) is 5.76 Å². The summed E-state index contributed by atoms with van der Waals surface area (Å²) in [7, 11) is 0. The lowest BCUT2D eigenvalue weighted by Gasteiger charge is -2.33. The fraction of sp³-hybridized carbons (Fsp3) is 0.350. The molecular weight excluding hydrogens is 300 g/mol. The number of amides is 1. The molecule has 0 aliphatic carbocycles. The highest BCUT2D eigenvalue weighted by Gasteiger charge is 2.20. The second-order valence-corrected chi connectivity index (χ2v) is 6.23. The van der Waals surface area contributed by atoms with E-state index in [2.05, 4.69) is 34.5 Å². The first-order valence-electron chi connectivity index (χ1n) is 8.58. The first-order valence-corrected chi connectivity index (χ1v) is 8.58. The summed E-state index contributed by atoms with van der Waals surface area (Å²) in [6.45, 7) is 3.08. The zero-order valence-corrected chi connectivity index (χ0v) is 13.9. The Kier molecular flexibility index (Phi) is 5.85. The molecule has 24 heavy (non-hydrogen) atoms. The molecule has 0 spiro atoms. The first kappa shape index (κ1) is 16.5. The summed E-state index contributed by atoms with van der Waals surface area (Å²) in [6, 6.07) is 14.4. The topological polar surface area (TPSA) is 45.5 Å². The second-order valence-electron chi connectivity index (χ2n) is 6.23. The Morgan fingerprint density at radius 2 is 2.12 bits per heavy atom. The van der Waals surface area contributed by atoms with Gasteiger partial charge >= 0.3 is 0 Å². The van der Waals surface area contributed by atoms with E-state index >= 15 is 0 Å². The molecular formula is C20H24N2O2. The number of carbonyl (C=O) groups excluding carboxylic acids is 1. The number of likely N-dealkylation sites (tertiary alicyclic amines) is 1. The van der Waals surface area contributed by atoms with Crippen molar-refractivity contribution in [3.63, 3.8) is 0 Å². The van der Waals surface area contributed by atoms with Crippen LogP contribution < -0.4 is 5.32 Å². The number of hydrogen-bond donors (Lipinski definition) is 1. The second kappa shape index (κ2) is 8.50. The van der Waals surface area contributed by atoms with E-state index in [1.807, 2.05) is 18.2 Å². The molecule has 4 heteroatoms. The van der Waals surface area contributed by atoms with Gasteiger partial charge in [0.2, 0.25) is 5.91 Å². The molecule has 1 fully saturated rings. The Bertz CT molecular complexity index is 650. The van der Waals surface area contributed by atoms with Gasteiger partial charge < -0.3 is 14.6 Å². The van der Waals surface area contributed by atoms with Gasteiger partial charge in [-0.25, -0.2) is 0 Å². The monoisotopic (exact) mass is 324 g/mol. The minimum atomic E-state index is -0.0543. The van der Waals surface area contributed by atoms with Crippen LogP contribution in [0, 0.1) is 0 Å². The minimum Gasteiger partial charge on any atom is -0.465 e. The van der Waals surface area contributed by atoms with E-state index in [-0.39, 0.29) is 11.9 Å². The van der Waals surface area contributed by atoms with Crippen LogP contribution in [0.2, 0.25) is 0 Å². The van der Waals surface area contributed by atoms with Gasteiger partial charge in [0, 0.05) is 25.2 Å². The zero-order chi connectivity index (χ0) is 16.6. The molecule has 1 aromatic carbocycles. The molecule has 1 aliphatic rings. The minimum absolute atomic E-state index is 0.0543. The van der Waals surface area contributed by atoms with Crippen molar-refractivity contribution in [3.05, 3.63) is 66.1 Å². The molecule has 126 valence electrons. The maximum atomic E-state index is 12.0. The van der Waals surface area contributed by atoms with E-state index in [0.717, 1.165) is 38.9 Å². The van der Waals surface area contributed by atoms with Crippen LogP contribution in [-0.4, -0.2) is 36.5 Å². The fourth-order valence-corrected chi connectivity index (χ4v) is 3.10. The van der Waals surface area contributed by atoms with Crippen LogP contribution >= 0.6 is 0 Å². The Hall–Kier alpha value is -2.33. The van der Waals surface area contributed by atoms with Gasteiger partial charge in [-0.15, -0.1) is 0 Å². The number of hydrogen-bond acceptors (Lipinski definition) is 3. The summed E-state index contributed by atoms with van der Waals surface area (Å²) < 4.78 is 5.19. The predicted molar refractivity (Wildman–Crippen MR) is 95.5 cm³/mol. The maximum absolute atomic E-state index is 12.0. The van der Waals surface area contributed by atoms with Gasteiger partial charge in [0.25, 0.3) is 0 Å². The van der Waals surface area contributed by atoms with Crippen molar-refractivity contribution in [2.24, 2.45) is 0 Å². The van der Waals surface area contributed by atoms with Crippen LogP contribution in [0.4, 0.5) is 0 Å². The lowest BCUT2D eigenvalue weighted by atomic mass is 10.0. The van der Waals surface area contributed by atoms with Crippen molar-refractivity contribution < 1.29 is 9.21 Å².